The number of aromatic nitrogens is 1. The van der Waals surface area contributed by atoms with E-state index in [2.05, 4.69) is 53.4 Å². The molecule has 4 nitrogen and oxygen atoms in total. The summed E-state index contributed by atoms with van der Waals surface area (Å²) < 4.78 is 2.30. The maximum absolute atomic E-state index is 12.2. The molecule has 1 aromatic heterocycles. The fourth-order valence-corrected chi connectivity index (χ4v) is 5.84. The van der Waals surface area contributed by atoms with Crippen molar-refractivity contribution in [2.75, 3.05) is 19.6 Å². The molecule has 4 heteroatoms. The molecule has 1 fully saturated rings. The molecule has 1 aliphatic carbocycles. The second kappa shape index (κ2) is 6.48. The van der Waals surface area contributed by atoms with Crippen molar-refractivity contribution in [3.05, 3.63) is 78.0 Å². The van der Waals surface area contributed by atoms with Gasteiger partial charge in [0.05, 0.1) is 5.60 Å². The third-order valence-electron chi connectivity index (χ3n) is 7.30. The molecule has 0 bridgehead atoms. The summed E-state index contributed by atoms with van der Waals surface area (Å²) >= 11 is 0. The largest absolute Gasteiger partial charge is 0.508 e. The zero-order valence-electron chi connectivity index (χ0n) is 16.9. The first kappa shape index (κ1) is 18.5. The lowest BCUT2D eigenvalue weighted by Crippen LogP contribution is -2.66. The van der Waals surface area contributed by atoms with Crippen molar-refractivity contribution in [3.63, 3.8) is 0 Å². The molecule has 2 heterocycles. The highest BCUT2D eigenvalue weighted by Gasteiger charge is 2.57. The smallest absolute Gasteiger partial charge is 0.115 e. The molecule has 0 spiro atoms. The Hall–Kier alpha value is -2.56. The molecular formula is C25H28N2O2. The van der Waals surface area contributed by atoms with Crippen LogP contribution in [0.4, 0.5) is 0 Å². The number of para-hydroxylation sites is 1. The summed E-state index contributed by atoms with van der Waals surface area (Å²) in [4.78, 5) is 2.30. The van der Waals surface area contributed by atoms with Crippen molar-refractivity contribution < 1.29 is 10.2 Å². The van der Waals surface area contributed by atoms with Gasteiger partial charge in [0.2, 0.25) is 0 Å². The first-order valence-corrected chi connectivity index (χ1v) is 10.4. The van der Waals surface area contributed by atoms with Crippen molar-refractivity contribution in [1.82, 2.24) is 9.47 Å². The zero-order valence-corrected chi connectivity index (χ0v) is 16.9. The minimum atomic E-state index is -0.904. The molecule has 0 amide bonds. The summed E-state index contributed by atoms with van der Waals surface area (Å²) in [5.41, 5.74) is 3.50. The van der Waals surface area contributed by atoms with Crippen molar-refractivity contribution in [1.29, 1.82) is 0 Å². The van der Waals surface area contributed by atoms with E-state index in [1.807, 2.05) is 18.2 Å². The highest BCUT2D eigenvalue weighted by molar-refractivity contribution is 5.86. The molecule has 2 aromatic carbocycles. The summed E-state index contributed by atoms with van der Waals surface area (Å²) in [5, 5.41) is 23.7. The number of nitrogens with zero attached hydrogens (tertiary/aromatic N) is 2. The number of hydrogen-bond donors (Lipinski definition) is 2. The number of benzene rings is 2. The standard InChI is InChI=1S/C25H28N2O2/c1-3-12-27-13-11-24(18-7-6-8-19(28)14-18)16-23-21(15-25(24,29)17-27)20-9-4-5-10-22(20)26(23)2/h3-10,14,28-29H,1,11-13,15-17H2,2H3/t24-,25-/m0/s1. The number of phenols is 1. The molecule has 3 aromatic rings. The molecule has 0 saturated carbocycles. The van der Waals surface area contributed by atoms with E-state index in [9.17, 15) is 10.2 Å². The molecule has 150 valence electrons. The minimum absolute atomic E-state index is 0.260. The Labute approximate surface area is 171 Å². The molecule has 1 saturated heterocycles. The van der Waals surface area contributed by atoms with Gasteiger partial charge in [-0.05, 0) is 42.3 Å². The molecule has 2 atom stereocenters. The van der Waals surface area contributed by atoms with Crippen LogP contribution in [0.1, 0.15) is 23.2 Å². The van der Waals surface area contributed by atoms with E-state index in [4.69, 9.17) is 0 Å². The van der Waals surface area contributed by atoms with Gasteiger partial charge in [0, 0.05) is 55.0 Å². The van der Waals surface area contributed by atoms with Gasteiger partial charge in [0.1, 0.15) is 5.75 Å². The predicted molar refractivity (Wildman–Crippen MR) is 116 cm³/mol. The first-order valence-electron chi connectivity index (χ1n) is 10.4. The van der Waals surface area contributed by atoms with Gasteiger partial charge in [-0.1, -0.05) is 36.4 Å². The minimum Gasteiger partial charge on any atom is -0.508 e. The number of fused-ring (bicyclic) bond motifs is 4. The van der Waals surface area contributed by atoms with Crippen LogP contribution in [0.2, 0.25) is 0 Å². The van der Waals surface area contributed by atoms with Crippen molar-refractivity contribution >= 4 is 10.9 Å². The van der Waals surface area contributed by atoms with Gasteiger partial charge in [0.15, 0.2) is 0 Å². The summed E-state index contributed by atoms with van der Waals surface area (Å²) in [5.74, 6) is 0.260. The molecule has 2 aliphatic rings. The van der Waals surface area contributed by atoms with Crippen LogP contribution in [0.25, 0.3) is 10.9 Å². The van der Waals surface area contributed by atoms with Crippen LogP contribution in [0.3, 0.4) is 0 Å². The Bertz CT molecular complexity index is 1100. The molecule has 5 rings (SSSR count). The lowest BCUT2D eigenvalue weighted by Gasteiger charge is -2.56. The molecule has 1 aliphatic heterocycles. The number of likely N-dealkylation sites (tertiary alicyclic amines) is 1. The Morgan fingerprint density at radius 1 is 1.14 bits per heavy atom. The summed E-state index contributed by atoms with van der Waals surface area (Å²) in [6.45, 7) is 6.18. The van der Waals surface area contributed by atoms with E-state index in [0.717, 1.165) is 31.5 Å². The van der Waals surface area contributed by atoms with Crippen LogP contribution in [0, 0.1) is 0 Å². The number of aliphatic hydroxyl groups is 1. The van der Waals surface area contributed by atoms with Crippen molar-refractivity contribution in [2.45, 2.75) is 30.3 Å². The van der Waals surface area contributed by atoms with Gasteiger partial charge in [-0.2, -0.15) is 0 Å². The van der Waals surface area contributed by atoms with Crippen LogP contribution in [-0.4, -0.2) is 44.9 Å². The predicted octanol–water partition coefficient (Wildman–Crippen LogP) is 3.54. The molecule has 0 radical (unpaired) electrons. The van der Waals surface area contributed by atoms with E-state index in [0.29, 0.717) is 13.0 Å². The summed E-state index contributed by atoms with van der Waals surface area (Å²) in [6.07, 6.45) is 4.15. The van der Waals surface area contributed by atoms with Crippen molar-refractivity contribution in [3.8, 4) is 5.75 Å². The number of rotatable bonds is 3. The average molecular weight is 389 g/mol. The van der Waals surface area contributed by atoms with Crippen LogP contribution in [-0.2, 0) is 25.3 Å². The van der Waals surface area contributed by atoms with Crippen LogP contribution >= 0.6 is 0 Å². The maximum atomic E-state index is 12.2. The lowest BCUT2D eigenvalue weighted by molar-refractivity contribution is -0.101. The van der Waals surface area contributed by atoms with Crippen LogP contribution in [0.15, 0.2) is 61.2 Å². The third-order valence-corrected chi connectivity index (χ3v) is 7.30. The van der Waals surface area contributed by atoms with Gasteiger partial charge in [-0.15, -0.1) is 6.58 Å². The van der Waals surface area contributed by atoms with Crippen molar-refractivity contribution in [2.24, 2.45) is 7.05 Å². The third kappa shape index (κ3) is 2.59. The Kier molecular flexibility index (Phi) is 4.12. The number of aromatic hydroxyl groups is 1. The SMILES string of the molecule is C=CCN1CC[C@@]2(c3cccc(O)c3)Cc3c(c4ccccc4n3C)C[C@]2(O)C1. The number of phenolic OH excluding ortho intramolecular Hbond substituents is 1. The second-order valence-corrected chi connectivity index (χ2v) is 8.79. The van der Waals surface area contributed by atoms with Crippen LogP contribution in [0.5, 0.6) is 5.75 Å². The van der Waals surface area contributed by atoms with E-state index in [1.54, 1.807) is 6.07 Å². The van der Waals surface area contributed by atoms with Gasteiger partial charge in [-0.3, -0.25) is 4.90 Å². The summed E-state index contributed by atoms with van der Waals surface area (Å²) in [6, 6.07) is 16.0. The Morgan fingerprint density at radius 2 is 1.97 bits per heavy atom. The topological polar surface area (TPSA) is 48.6 Å². The first-order chi connectivity index (χ1) is 14.0. The molecule has 2 N–H and O–H groups in total. The molecular weight excluding hydrogens is 360 g/mol. The van der Waals surface area contributed by atoms with Gasteiger partial charge in [0.25, 0.3) is 0 Å². The number of aryl methyl sites for hydroxylation is 1. The second-order valence-electron chi connectivity index (χ2n) is 8.79. The number of piperidine rings is 1. The highest BCUT2D eigenvalue weighted by Crippen LogP contribution is 2.52. The molecule has 29 heavy (non-hydrogen) atoms. The number of hydrogen-bond acceptors (Lipinski definition) is 3. The fraction of sp³-hybridized carbons (Fsp3) is 0.360. The Balaban J connectivity index is 1.72. The van der Waals surface area contributed by atoms with Gasteiger partial charge < -0.3 is 14.8 Å². The van der Waals surface area contributed by atoms with Gasteiger partial charge >= 0.3 is 0 Å². The van der Waals surface area contributed by atoms with Crippen LogP contribution < -0.4 is 0 Å². The van der Waals surface area contributed by atoms with E-state index < -0.39 is 11.0 Å². The van der Waals surface area contributed by atoms with E-state index in [1.165, 1.54) is 22.2 Å². The van der Waals surface area contributed by atoms with Gasteiger partial charge in [-0.25, -0.2) is 0 Å². The fourth-order valence-electron chi connectivity index (χ4n) is 5.84. The van der Waals surface area contributed by atoms with E-state index in [-0.39, 0.29) is 5.75 Å². The van der Waals surface area contributed by atoms with E-state index >= 15 is 0 Å². The Morgan fingerprint density at radius 3 is 2.76 bits per heavy atom. The molecule has 0 unspecified atom stereocenters. The normalized spacial score (nSPS) is 26.8. The average Bonchev–Trinajstić information content (AvgIpc) is 2.97. The quantitative estimate of drug-likeness (QED) is 0.675. The summed E-state index contributed by atoms with van der Waals surface area (Å²) in [7, 11) is 2.13. The monoisotopic (exact) mass is 388 g/mol. The zero-order chi connectivity index (χ0) is 20.2. The number of β-amino-alcohol motifs (C(OH)–C–C–N with tert-alkyl or cyclic N) is 1. The maximum Gasteiger partial charge on any atom is 0.115 e. The lowest BCUT2D eigenvalue weighted by atomic mass is 9.56. The highest BCUT2D eigenvalue weighted by atomic mass is 16.3.